The number of aromatic nitrogens is 1. The van der Waals surface area contributed by atoms with Crippen molar-refractivity contribution in [2.24, 2.45) is 4.99 Å². The van der Waals surface area contributed by atoms with Crippen molar-refractivity contribution in [2.45, 2.75) is 38.1 Å². The van der Waals surface area contributed by atoms with Gasteiger partial charge in [0, 0.05) is 24.4 Å². The van der Waals surface area contributed by atoms with Crippen molar-refractivity contribution in [1.29, 1.82) is 0 Å². The van der Waals surface area contributed by atoms with E-state index in [0.29, 0.717) is 6.54 Å². The van der Waals surface area contributed by atoms with Crippen molar-refractivity contribution >= 4 is 41.3 Å². The van der Waals surface area contributed by atoms with E-state index in [1.807, 2.05) is 7.05 Å². The SMILES string of the molecule is CCc1nc(CNC(=NC)NCC2(c3ccccc3)CC2)cs1.I. The molecular weight excluding hydrogens is 431 g/mol. The highest BCUT2D eigenvalue weighted by Gasteiger charge is 2.43. The molecule has 0 unspecified atom stereocenters. The normalized spacial score (nSPS) is 15.5. The number of hydrogen-bond acceptors (Lipinski definition) is 3. The van der Waals surface area contributed by atoms with E-state index >= 15 is 0 Å². The van der Waals surface area contributed by atoms with E-state index in [9.17, 15) is 0 Å². The minimum absolute atomic E-state index is 0. The van der Waals surface area contributed by atoms with E-state index in [4.69, 9.17) is 0 Å². The Hall–Kier alpha value is -1.15. The molecule has 1 saturated carbocycles. The Bertz CT molecular complexity index is 665. The summed E-state index contributed by atoms with van der Waals surface area (Å²) in [5.74, 6) is 0.846. The van der Waals surface area contributed by atoms with Gasteiger partial charge < -0.3 is 10.6 Å². The smallest absolute Gasteiger partial charge is 0.191 e. The fourth-order valence-corrected chi connectivity index (χ4v) is 3.50. The Morgan fingerprint density at radius 2 is 2.00 bits per heavy atom. The summed E-state index contributed by atoms with van der Waals surface area (Å²) in [4.78, 5) is 8.90. The average Bonchev–Trinajstić information content (AvgIpc) is 3.26. The second-order valence-electron chi connectivity index (χ2n) is 6.01. The number of halogens is 1. The average molecular weight is 456 g/mol. The minimum atomic E-state index is 0. The maximum Gasteiger partial charge on any atom is 0.191 e. The highest BCUT2D eigenvalue weighted by Crippen LogP contribution is 2.47. The molecule has 2 N–H and O–H groups in total. The molecule has 0 bridgehead atoms. The van der Waals surface area contributed by atoms with Crippen LogP contribution in [0.3, 0.4) is 0 Å². The molecule has 4 nitrogen and oxygen atoms in total. The highest BCUT2D eigenvalue weighted by atomic mass is 127. The third-order valence-corrected chi connectivity index (χ3v) is 5.44. The van der Waals surface area contributed by atoms with Gasteiger partial charge in [0.1, 0.15) is 0 Å². The first-order valence-electron chi connectivity index (χ1n) is 8.19. The summed E-state index contributed by atoms with van der Waals surface area (Å²) in [6.07, 6.45) is 3.48. The number of thiazole rings is 1. The topological polar surface area (TPSA) is 49.3 Å². The van der Waals surface area contributed by atoms with Crippen LogP contribution < -0.4 is 10.6 Å². The number of benzene rings is 1. The zero-order chi connectivity index (χ0) is 16.1. The molecule has 1 fully saturated rings. The Balaban J connectivity index is 0.00000208. The van der Waals surface area contributed by atoms with Gasteiger partial charge in [-0.3, -0.25) is 4.99 Å². The van der Waals surface area contributed by atoms with Gasteiger partial charge in [0.25, 0.3) is 0 Å². The Morgan fingerprint density at radius 3 is 2.58 bits per heavy atom. The number of aliphatic imine (C=N–C) groups is 1. The van der Waals surface area contributed by atoms with Crippen LogP contribution in [0.4, 0.5) is 0 Å². The first-order chi connectivity index (χ1) is 11.3. The highest BCUT2D eigenvalue weighted by molar-refractivity contribution is 14.0. The van der Waals surface area contributed by atoms with Gasteiger partial charge in [0.2, 0.25) is 0 Å². The molecule has 1 aliphatic carbocycles. The van der Waals surface area contributed by atoms with Crippen LogP contribution in [0.2, 0.25) is 0 Å². The third kappa shape index (κ3) is 4.69. The van der Waals surface area contributed by atoms with Gasteiger partial charge in [-0.15, -0.1) is 35.3 Å². The van der Waals surface area contributed by atoms with Crippen LogP contribution in [0.25, 0.3) is 0 Å². The lowest BCUT2D eigenvalue weighted by Crippen LogP contribution is -2.40. The second-order valence-corrected chi connectivity index (χ2v) is 6.95. The molecule has 3 rings (SSSR count). The van der Waals surface area contributed by atoms with E-state index in [0.717, 1.165) is 24.6 Å². The van der Waals surface area contributed by atoms with Crippen molar-refractivity contribution in [3.05, 3.63) is 52.0 Å². The molecule has 1 aromatic heterocycles. The summed E-state index contributed by atoms with van der Waals surface area (Å²) in [5, 5.41) is 10.1. The first kappa shape index (κ1) is 19.2. The molecule has 0 aliphatic heterocycles. The molecule has 0 amide bonds. The molecule has 0 radical (unpaired) electrons. The standard InChI is InChI=1S/C18H24N4S.HI/c1-3-16-22-15(12-23-16)11-20-17(19-2)21-13-18(9-10-18)14-7-5-4-6-8-14;/h4-8,12H,3,9-11,13H2,1-2H3,(H2,19,20,21);1H. The Morgan fingerprint density at radius 1 is 1.25 bits per heavy atom. The molecule has 0 atom stereocenters. The van der Waals surface area contributed by atoms with Crippen LogP contribution in [0.1, 0.15) is 36.0 Å². The number of guanidine groups is 1. The molecule has 6 heteroatoms. The Labute approximate surface area is 165 Å². The van der Waals surface area contributed by atoms with Crippen LogP contribution >= 0.6 is 35.3 Å². The number of aryl methyl sites for hydroxylation is 1. The van der Waals surface area contributed by atoms with E-state index < -0.39 is 0 Å². The molecule has 0 spiro atoms. The molecule has 1 aromatic carbocycles. The predicted molar refractivity (Wildman–Crippen MR) is 112 cm³/mol. The van der Waals surface area contributed by atoms with Gasteiger partial charge in [-0.2, -0.15) is 0 Å². The second kappa shape index (κ2) is 8.80. The molecule has 130 valence electrons. The zero-order valence-electron chi connectivity index (χ0n) is 14.2. The number of hydrogen-bond donors (Lipinski definition) is 2. The van der Waals surface area contributed by atoms with Crippen LogP contribution in [0, 0.1) is 0 Å². The molecular formula is C18H25IN4S. The fraction of sp³-hybridized carbons (Fsp3) is 0.444. The third-order valence-electron chi connectivity index (χ3n) is 4.40. The monoisotopic (exact) mass is 456 g/mol. The van der Waals surface area contributed by atoms with E-state index in [-0.39, 0.29) is 29.4 Å². The van der Waals surface area contributed by atoms with Crippen molar-refractivity contribution in [1.82, 2.24) is 15.6 Å². The molecule has 1 heterocycles. The lowest BCUT2D eigenvalue weighted by atomic mass is 9.96. The maximum atomic E-state index is 4.58. The lowest BCUT2D eigenvalue weighted by molar-refractivity contribution is 0.645. The van der Waals surface area contributed by atoms with E-state index in [2.05, 4.69) is 63.2 Å². The summed E-state index contributed by atoms with van der Waals surface area (Å²) in [7, 11) is 1.82. The fourth-order valence-electron chi connectivity index (χ4n) is 2.75. The molecule has 1 aliphatic rings. The molecule has 24 heavy (non-hydrogen) atoms. The summed E-state index contributed by atoms with van der Waals surface area (Å²) in [5.41, 5.74) is 2.79. The van der Waals surface area contributed by atoms with Gasteiger partial charge in [-0.25, -0.2) is 4.98 Å². The molecule has 2 aromatic rings. The van der Waals surface area contributed by atoms with E-state index in [1.54, 1.807) is 11.3 Å². The lowest BCUT2D eigenvalue weighted by Gasteiger charge is -2.18. The van der Waals surface area contributed by atoms with Gasteiger partial charge in [0.05, 0.1) is 17.2 Å². The van der Waals surface area contributed by atoms with Gasteiger partial charge in [0.15, 0.2) is 5.96 Å². The van der Waals surface area contributed by atoms with Gasteiger partial charge in [-0.05, 0) is 24.8 Å². The largest absolute Gasteiger partial charge is 0.356 e. The number of nitrogens with zero attached hydrogens (tertiary/aromatic N) is 2. The number of rotatable bonds is 6. The van der Waals surface area contributed by atoms with Crippen molar-refractivity contribution in [3.8, 4) is 0 Å². The van der Waals surface area contributed by atoms with Crippen LogP contribution in [0.15, 0.2) is 40.7 Å². The first-order valence-corrected chi connectivity index (χ1v) is 9.07. The van der Waals surface area contributed by atoms with Crippen LogP contribution in [-0.4, -0.2) is 24.5 Å². The van der Waals surface area contributed by atoms with Crippen molar-refractivity contribution < 1.29 is 0 Å². The molecule has 0 saturated heterocycles. The minimum Gasteiger partial charge on any atom is -0.356 e. The van der Waals surface area contributed by atoms with Crippen molar-refractivity contribution in [2.75, 3.05) is 13.6 Å². The zero-order valence-corrected chi connectivity index (χ0v) is 17.4. The van der Waals surface area contributed by atoms with E-state index in [1.165, 1.54) is 23.4 Å². The summed E-state index contributed by atoms with van der Waals surface area (Å²) < 4.78 is 0. The predicted octanol–water partition coefficient (Wildman–Crippen LogP) is 3.72. The quantitative estimate of drug-likeness (QED) is 0.396. The van der Waals surface area contributed by atoms with Gasteiger partial charge >= 0.3 is 0 Å². The van der Waals surface area contributed by atoms with Crippen molar-refractivity contribution in [3.63, 3.8) is 0 Å². The summed E-state index contributed by atoms with van der Waals surface area (Å²) >= 11 is 1.72. The summed E-state index contributed by atoms with van der Waals surface area (Å²) in [6, 6.07) is 10.8. The van der Waals surface area contributed by atoms with Crippen LogP contribution in [-0.2, 0) is 18.4 Å². The van der Waals surface area contributed by atoms with Gasteiger partial charge in [-0.1, -0.05) is 37.3 Å². The van der Waals surface area contributed by atoms with Crippen LogP contribution in [0.5, 0.6) is 0 Å². The number of nitrogens with one attached hydrogen (secondary N) is 2. The Kier molecular flexibility index (Phi) is 7.03. The maximum absolute atomic E-state index is 4.58. The summed E-state index contributed by atoms with van der Waals surface area (Å²) in [6.45, 7) is 3.78.